The van der Waals surface area contributed by atoms with Crippen LogP contribution < -0.4 is 4.72 Å². The molecule has 0 bridgehead atoms. The van der Waals surface area contributed by atoms with Crippen LogP contribution in [0.2, 0.25) is 10.0 Å². The fourth-order valence-electron chi connectivity index (χ4n) is 1.69. The van der Waals surface area contributed by atoms with Gasteiger partial charge in [-0.05, 0) is 36.4 Å². The Hall–Kier alpha value is -1.51. The lowest BCUT2D eigenvalue weighted by Crippen LogP contribution is -2.17. The van der Waals surface area contributed by atoms with Gasteiger partial charge < -0.3 is 0 Å². The number of rotatable bonds is 3. The van der Waals surface area contributed by atoms with Crippen LogP contribution in [0, 0.1) is 5.82 Å². The van der Waals surface area contributed by atoms with Crippen molar-refractivity contribution < 1.29 is 26.0 Å². The fraction of sp³-hybridized carbons (Fsp3) is 0.0769. The van der Waals surface area contributed by atoms with Gasteiger partial charge in [-0.25, -0.2) is 12.8 Å². The predicted molar refractivity (Wildman–Crippen MR) is 78.7 cm³/mol. The van der Waals surface area contributed by atoms with E-state index in [2.05, 4.69) is 0 Å². The van der Waals surface area contributed by atoms with Gasteiger partial charge >= 0.3 is 6.18 Å². The van der Waals surface area contributed by atoms with Gasteiger partial charge in [0.15, 0.2) is 0 Å². The Morgan fingerprint density at radius 3 is 2.22 bits per heavy atom. The molecule has 0 radical (unpaired) electrons. The average molecular weight is 388 g/mol. The van der Waals surface area contributed by atoms with E-state index in [1.807, 2.05) is 0 Å². The maximum Gasteiger partial charge on any atom is 0.418 e. The van der Waals surface area contributed by atoms with Crippen LogP contribution in [0.3, 0.4) is 0 Å². The van der Waals surface area contributed by atoms with E-state index in [0.29, 0.717) is 6.07 Å². The number of benzene rings is 2. The van der Waals surface area contributed by atoms with Gasteiger partial charge in [0.2, 0.25) is 0 Å². The Labute approximate surface area is 138 Å². The Morgan fingerprint density at radius 1 is 1.00 bits per heavy atom. The van der Waals surface area contributed by atoms with Crippen molar-refractivity contribution in [1.29, 1.82) is 0 Å². The first-order valence-corrected chi connectivity index (χ1v) is 8.09. The molecule has 23 heavy (non-hydrogen) atoms. The highest BCUT2D eigenvalue weighted by Gasteiger charge is 2.35. The number of hydrogen-bond acceptors (Lipinski definition) is 2. The molecule has 0 fully saturated rings. The zero-order valence-electron chi connectivity index (χ0n) is 11.0. The van der Waals surface area contributed by atoms with Gasteiger partial charge in [-0.2, -0.15) is 13.2 Å². The molecule has 0 saturated heterocycles. The van der Waals surface area contributed by atoms with Crippen LogP contribution in [0.1, 0.15) is 5.56 Å². The van der Waals surface area contributed by atoms with Crippen LogP contribution in [0.15, 0.2) is 41.3 Å². The highest BCUT2D eigenvalue weighted by Crippen LogP contribution is 2.37. The standard InChI is InChI=1S/C13H7Cl2F4NO2S/c14-7-1-4-12(9(5-7)13(17,18)19)20-23(21,22)8-2-3-11(16)10(15)6-8/h1-6,20H. The first-order valence-electron chi connectivity index (χ1n) is 5.85. The molecule has 1 N–H and O–H groups in total. The Balaban J connectivity index is 2.47. The molecular formula is C13H7Cl2F4NO2S. The van der Waals surface area contributed by atoms with Crippen molar-refractivity contribution in [3.63, 3.8) is 0 Å². The van der Waals surface area contributed by atoms with Crippen LogP contribution in [-0.2, 0) is 16.2 Å². The molecule has 0 aliphatic carbocycles. The van der Waals surface area contributed by atoms with Gasteiger partial charge in [-0.3, -0.25) is 4.72 Å². The lowest BCUT2D eigenvalue weighted by Gasteiger charge is -2.15. The van der Waals surface area contributed by atoms with E-state index < -0.39 is 43.2 Å². The van der Waals surface area contributed by atoms with Crippen molar-refractivity contribution in [3.05, 3.63) is 57.8 Å². The molecule has 0 amide bonds. The minimum Gasteiger partial charge on any atom is -0.279 e. The number of alkyl halides is 3. The number of hydrogen-bond donors (Lipinski definition) is 1. The minimum absolute atomic E-state index is 0.204. The number of sulfonamides is 1. The SMILES string of the molecule is O=S(=O)(Nc1ccc(Cl)cc1C(F)(F)F)c1ccc(F)c(Cl)c1. The first kappa shape index (κ1) is 17.8. The van der Waals surface area contributed by atoms with E-state index in [9.17, 15) is 26.0 Å². The van der Waals surface area contributed by atoms with E-state index >= 15 is 0 Å². The maximum atomic E-state index is 13.1. The summed E-state index contributed by atoms with van der Waals surface area (Å²) in [7, 11) is -4.39. The van der Waals surface area contributed by atoms with Gasteiger partial charge in [-0.15, -0.1) is 0 Å². The molecular weight excluding hydrogens is 381 g/mol. The lowest BCUT2D eigenvalue weighted by molar-refractivity contribution is -0.136. The Kier molecular flexibility index (Phi) is 4.79. The summed E-state index contributed by atoms with van der Waals surface area (Å²) in [6, 6.07) is 5.05. The van der Waals surface area contributed by atoms with Crippen LogP contribution >= 0.6 is 23.2 Å². The third-order valence-corrected chi connectivity index (χ3v) is 4.62. The first-order chi connectivity index (χ1) is 10.5. The second-order valence-corrected chi connectivity index (χ2v) is 6.90. The molecule has 0 aliphatic heterocycles. The summed E-state index contributed by atoms with van der Waals surface area (Å²) >= 11 is 11.0. The van der Waals surface area contributed by atoms with Crippen LogP contribution in [-0.4, -0.2) is 8.42 Å². The van der Waals surface area contributed by atoms with Crippen molar-refractivity contribution in [2.75, 3.05) is 4.72 Å². The molecule has 0 saturated carbocycles. The highest BCUT2D eigenvalue weighted by atomic mass is 35.5. The molecule has 0 aromatic heterocycles. The quantitative estimate of drug-likeness (QED) is 0.757. The van der Waals surface area contributed by atoms with Gasteiger partial charge in [-0.1, -0.05) is 23.2 Å². The summed E-state index contributed by atoms with van der Waals surface area (Å²) < 4.78 is 78.0. The van der Waals surface area contributed by atoms with Gasteiger partial charge in [0.05, 0.1) is 21.2 Å². The van der Waals surface area contributed by atoms with Crippen LogP contribution in [0.5, 0.6) is 0 Å². The third kappa shape index (κ3) is 4.07. The number of halogens is 6. The number of anilines is 1. The normalized spacial score (nSPS) is 12.3. The summed E-state index contributed by atoms with van der Waals surface area (Å²) in [5.74, 6) is -0.854. The van der Waals surface area contributed by atoms with Gasteiger partial charge in [0.25, 0.3) is 10.0 Å². The topological polar surface area (TPSA) is 46.2 Å². The van der Waals surface area contributed by atoms with E-state index in [0.717, 1.165) is 30.3 Å². The average Bonchev–Trinajstić information content (AvgIpc) is 2.42. The van der Waals surface area contributed by atoms with Crippen molar-refractivity contribution in [2.45, 2.75) is 11.1 Å². The summed E-state index contributed by atoms with van der Waals surface area (Å²) in [4.78, 5) is -0.480. The second-order valence-electron chi connectivity index (χ2n) is 4.37. The van der Waals surface area contributed by atoms with Crippen LogP contribution in [0.4, 0.5) is 23.2 Å². The van der Waals surface area contributed by atoms with Crippen molar-refractivity contribution in [3.8, 4) is 0 Å². The monoisotopic (exact) mass is 387 g/mol. The molecule has 0 atom stereocenters. The Bertz CT molecular complexity index is 854. The lowest BCUT2D eigenvalue weighted by atomic mass is 10.2. The molecule has 124 valence electrons. The zero-order valence-corrected chi connectivity index (χ0v) is 13.3. The predicted octanol–water partition coefficient (Wildman–Crippen LogP) is 4.95. The summed E-state index contributed by atoms with van der Waals surface area (Å²) in [6.45, 7) is 0. The van der Waals surface area contributed by atoms with Crippen LogP contribution in [0.25, 0.3) is 0 Å². The van der Waals surface area contributed by atoms with E-state index in [4.69, 9.17) is 23.2 Å². The third-order valence-electron chi connectivity index (χ3n) is 2.73. The van der Waals surface area contributed by atoms with Crippen molar-refractivity contribution in [1.82, 2.24) is 0 Å². The van der Waals surface area contributed by atoms with E-state index in [-0.39, 0.29) is 5.02 Å². The number of nitrogens with one attached hydrogen (secondary N) is 1. The Morgan fingerprint density at radius 2 is 1.65 bits per heavy atom. The second kappa shape index (κ2) is 6.18. The fourth-order valence-corrected chi connectivity index (χ4v) is 3.21. The molecule has 2 aromatic rings. The van der Waals surface area contributed by atoms with Crippen molar-refractivity contribution in [2.24, 2.45) is 0 Å². The van der Waals surface area contributed by atoms with Gasteiger partial charge in [0.1, 0.15) is 5.82 Å². The van der Waals surface area contributed by atoms with E-state index in [1.165, 1.54) is 0 Å². The van der Waals surface area contributed by atoms with E-state index in [1.54, 1.807) is 4.72 Å². The smallest absolute Gasteiger partial charge is 0.279 e. The molecule has 0 unspecified atom stereocenters. The highest BCUT2D eigenvalue weighted by molar-refractivity contribution is 7.92. The molecule has 3 nitrogen and oxygen atoms in total. The molecule has 2 rings (SSSR count). The zero-order chi connectivity index (χ0) is 17.4. The largest absolute Gasteiger partial charge is 0.418 e. The van der Waals surface area contributed by atoms with Gasteiger partial charge in [0, 0.05) is 5.02 Å². The molecule has 0 heterocycles. The molecule has 10 heteroatoms. The molecule has 2 aromatic carbocycles. The maximum absolute atomic E-state index is 13.1. The minimum atomic E-state index is -4.82. The summed E-state index contributed by atoms with van der Waals surface area (Å²) in [5, 5.41) is -0.676. The molecule has 0 aliphatic rings. The summed E-state index contributed by atoms with van der Waals surface area (Å²) in [6.07, 6.45) is -4.82. The summed E-state index contributed by atoms with van der Waals surface area (Å²) in [5.41, 5.74) is -1.95. The molecule has 0 spiro atoms. The van der Waals surface area contributed by atoms with Crippen molar-refractivity contribution >= 4 is 38.9 Å².